The maximum atomic E-state index is 12.1. The summed E-state index contributed by atoms with van der Waals surface area (Å²) >= 11 is 4.69. The van der Waals surface area contributed by atoms with E-state index in [4.69, 9.17) is 22.7 Å². The lowest BCUT2D eigenvalue weighted by Gasteiger charge is -2.13. The molecule has 0 heterocycles. The zero-order valence-corrected chi connectivity index (χ0v) is 17.8. The zero-order valence-electron chi connectivity index (χ0n) is 16.2. The first-order valence-electron chi connectivity index (χ1n) is 8.65. The molecular formula is C20H21F3N2O2S2. The van der Waals surface area contributed by atoms with Crippen LogP contribution in [0.4, 0.5) is 13.2 Å². The number of aryl methyl sites for hydroxylation is 3. The highest BCUT2D eigenvalue weighted by atomic mass is 32.2. The van der Waals surface area contributed by atoms with Crippen LogP contribution in [0.3, 0.4) is 0 Å². The number of benzene rings is 2. The lowest BCUT2D eigenvalue weighted by molar-refractivity contribution is -0.0396. The molecule has 2 rings (SSSR count). The van der Waals surface area contributed by atoms with Gasteiger partial charge in [-0.3, -0.25) is 0 Å². The van der Waals surface area contributed by atoms with Gasteiger partial charge in [-0.2, -0.15) is 18.2 Å². The van der Waals surface area contributed by atoms with Gasteiger partial charge in [-0.05, 0) is 62.2 Å². The maximum absolute atomic E-state index is 12.1. The normalized spacial score (nSPS) is 12.1. The molecule has 0 saturated carbocycles. The van der Waals surface area contributed by atoms with Crippen molar-refractivity contribution < 1.29 is 22.1 Å². The van der Waals surface area contributed by atoms with Crippen LogP contribution in [0.2, 0.25) is 0 Å². The molecule has 2 aromatic rings. The van der Waals surface area contributed by atoms with Crippen molar-refractivity contribution in [2.24, 2.45) is 10.7 Å². The highest BCUT2D eigenvalue weighted by Crippen LogP contribution is 2.31. The molecule has 156 valence electrons. The fourth-order valence-corrected chi connectivity index (χ4v) is 2.98. The lowest BCUT2D eigenvalue weighted by atomic mass is 10.0. The minimum absolute atomic E-state index is 0.0248. The fraction of sp³-hybridized carbons (Fsp3) is 0.300. The topological polar surface area (TPSA) is 56.8 Å². The number of ether oxygens (including phenoxy) is 1. The van der Waals surface area contributed by atoms with Gasteiger partial charge in [0.15, 0.2) is 0 Å². The number of nitrogens with two attached hydrogens (primary N) is 1. The molecule has 0 bridgehead atoms. The van der Waals surface area contributed by atoms with Crippen LogP contribution < -0.4 is 10.5 Å². The van der Waals surface area contributed by atoms with Crippen LogP contribution in [0, 0.1) is 20.8 Å². The molecule has 0 aliphatic heterocycles. The van der Waals surface area contributed by atoms with Crippen molar-refractivity contribution in [3.63, 3.8) is 0 Å². The molecule has 0 radical (unpaired) electrons. The number of amidine groups is 1. The van der Waals surface area contributed by atoms with Gasteiger partial charge in [-0.25, -0.2) is 0 Å². The van der Waals surface area contributed by atoms with E-state index in [9.17, 15) is 13.2 Å². The minimum atomic E-state index is -4.40. The second kappa shape index (κ2) is 10.1. The second-order valence-electron chi connectivity index (χ2n) is 6.38. The standard InChI is InChI=1S/C20H21F3N2O2S2/c1-12-4-6-15(7-5-12)18(24)25-19(28)27-17-11-13(2)16(10-14(17)3)8-9-26-29-20(21,22)23/h4-7,10-11H,8-9H2,1-3H3,(H2,24,25,28). The molecule has 0 spiro atoms. The Morgan fingerprint density at radius 2 is 1.76 bits per heavy atom. The minimum Gasteiger partial charge on any atom is -0.430 e. The lowest BCUT2D eigenvalue weighted by Crippen LogP contribution is -2.17. The number of aliphatic imine (C=N–C) groups is 1. The van der Waals surface area contributed by atoms with Crippen molar-refractivity contribution in [3.05, 3.63) is 64.2 Å². The summed E-state index contributed by atoms with van der Waals surface area (Å²) in [5.74, 6) is 0.766. The summed E-state index contributed by atoms with van der Waals surface area (Å²) in [4.78, 5) is 4.12. The third-order valence-corrected chi connectivity index (χ3v) is 4.65. The number of nitrogens with zero attached hydrogens (tertiary/aromatic N) is 1. The third kappa shape index (κ3) is 7.68. The largest absolute Gasteiger partial charge is 0.467 e. The number of halogens is 3. The predicted octanol–water partition coefficient (Wildman–Crippen LogP) is 5.41. The Balaban J connectivity index is 2.01. The Morgan fingerprint density at radius 1 is 1.10 bits per heavy atom. The average molecular weight is 443 g/mol. The first-order valence-corrected chi connectivity index (χ1v) is 9.80. The summed E-state index contributed by atoms with van der Waals surface area (Å²) in [7, 11) is 0. The summed E-state index contributed by atoms with van der Waals surface area (Å²) < 4.78 is 46.6. The number of thiocarbonyl (C=S) groups is 1. The molecule has 0 atom stereocenters. The van der Waals surface area contributed by atoms with E-state index in [0.717, 1.165) is 27.8 Å². The smallest absolute Gasteiger partial charge is 0.430 e. The van der Waals surface area contributed by atoms with Crippen LogP contribution in [0.5, 0.6) is 5.75 Å². The molecular weight excluding hydrogens is 421 g/mol. The summed E-state index contributed by atoms with van der Waals surface area (Å²) in [5.41, 5.74) is 5.91. The van der Waals surface area contributed by atoms with Crippen LogP contribution in [0.25, 0.3) is 0 Å². The Labute approximate surface area is 177 Å². The van der Waals surface area contributed by atoms with E-state index in [0.29, 0.717) is 12.2 Å². The van der Waals surface area contributed by atoms with Gasteiger partial charge in [0.2, 0.25) is 0 Å². The van der Waals surface area contributed by atoms with Crippen LogP contribution in [-0.2, 0) is 10.6 Å². The van der Waals surface area contributed by atoms with E-state index in [1.807, 2.05) is 51.1 Å². The molecule has 2 aromatic carbocycles. The third-order valence-electron chi connectivity index (χ3n) is 4.00. The van der Waals surface area contributed by atoms with Crippen molar-refractivity contribution in [1.82, 2.24) is 0 Å². The van der Waals surface area contributed by atoms with Crippen molar-refractivity contribution in [1.29, 1.82) is 0 Å². The molecule has 0 saturated heterocycles. The van der Waals surface area contributed by atoms with Crippen LogP contribution in [0.15, 0.2) is 41.4 Å². The molecule has 0 fully saturated rings. The Morgan fingerprint density at radius 3 is 2.38 bits per heavy atom. The highest BCUT2D eigenvalue weighted by molar-refractivity contribution is 7.95. The van der Waals surface area contributed by atoms with Gasteiger partial charge >= 0.3 is 5.51 Å². The van der Waals surface area contributed by atoms with Gasteiger partial charge in [-0.15, -0.1) is 0 Å². The summed E-state index contributed by atoms with van der Waals surface area (Å²) in [5, 5.41) is -0.0248. The number of alkyl halides is 3. The number of rotatable bonds is 6. The van der Waals surface area contributed by atoms with E-state index in [1.165, 1.54) is 0 Å². The van der Waals surface area contributed by atoms with Crippen LogP contribution in [0.1, 0.15) is 27.8 Å². The highest BCUT2D eigenvalue weighted by Gasteiger charge is 2.29. The molecule has 0 aromatic heterocycles. The van der Waals surface area contributed by atoms with Crippen molar-refractivity contribution in [3.8, 4) is 5.75 Å². The second-order valence-corrected chi connectivity index (χ2v) is 7.59. The molecule has 0 amide bonds. The summed E-state index contributed by atoms with van der Waals surface area (Å²) in [6, 6.07) is 11.1. The van der Waals surface area contributed by atoms with Gasteiger partial charge in [0.1, 0.15) is 23.6 Å². The van der Waals surface area contributed by atoms with E-state index in [-0.39, 0.29) is 17.6 Å². The Bertz CT molecular complexity index is 898. The first kappa shape index (κ1) is 23.2. The van der Waals surface area contributed by atoms with Crippen molar-refractivity contribution in [2.75, 3.05) is 6.61 Å². The molecule has 0 aliphatic rings. The maximum Gasteiger partial charge on any atom is 0.467 e. The van der Waals surface area contributed by atoms with E-state index < -0.39 is 17.6 Å². The molecule has 0 aliphatic carbocycles. The van der Waals surface area contributed by atoms with Gasteiger partial charge in [0.05, 0.1) is 6.61 Å². The predicted molar refractivity (Wildman–Crippen MR) is 114 cm³/mol. The van der Waals surface area contributed by atoms with Crippen molar-refractivity contribution >= 4 is 35.3 Å². The molecule has 4 nitrogen and oxygen atoms in total. The molecule has 0 unspecified atom stereocenters. The average Bonchev–Trinajstić information content (AvgIpc) is 2.62. The fourth-order valence-electron chi connectivity index (χ4n) is 2.49. The van der Waals surface area contributed by atoms with Gasteiger partial charge in [0, 0.05) is 5.56 Å². The molecule has 2 N–H and O–H groups in total. The van der Waals surface area contributed by atoms with E-state index in [1.54, 1.807) is 6.07 Å². The molecule has 9 heteroatoms. The number of hydrogen-bond acceptors (Lipinski definition) is 4. The van der Waals surface area contributed by atoms with Gasteiger partial charge < -0.3 is 14.7 Å². The Kier molecular flexibility index (Phi) is 8.06. The molecule has 29 heavy (non-hydrogen) atoms. The summed E-state index contributed by atoms with van der Waals surface area (Å²) in [6.07, 6.45) is 0.346. The summed E-state index contributed by atoms with van der Waals surface area (Å²) in [6.45, 7) is 5.58. The number of hydrogen-bond donors (Lipinski definition) is 1. The van der Waals surface area contributed by atoms with E-state index >= 15 is 0 Å². The van der Waals surface area contributed by atoms with Crippen molar-refractivity contribution in [2.45, 2.75) is 32.7 Å². The first-order chi connectivity index (χ1) is 13.5. The van der Waals surface area contributed by atoms with Crippen LogP contribution in [-0.4, -0.2) is 23.1 Å². The SMILES string of the molecule is Cc1ccc(C(N)=NC(=S)Oc2cc(C)c(CCOSC(F)(F)F)cc2C)cc1. The monoisotopic (exact) mass is 442 g/mol. The van der Waals surface area contributed by atoms with E-state index in [2.05, 4.69) is 9.18 Å². The van der Waals surface area contributed by atoms with Crippen LogP contribution >= 0.6 is 24.3 Å². The van der Waals surface area contributed by atoms with Gasteiger partial charge in [-0.1, -0.05) is 35.9 Å². The Hall–Kier alpha value is -2.10. The zero-order chi connectivity index (χ0) is 21.6. The van der Waals surface area contributed by atoms with Gasteiger partial charge in [0.25, 0.3) is 5.17 Å². The quantitative estimate of drug-likeness (QED) is 0.213.